The van der Waals surface area contributed by atoms with Crippen LogP contribution in [0, 0.1) is 0 Å². The molecule has 0 aromatic carbocycles. The molecule has 1 fully saturated rings. The number of hydrogen-bond donors (Lipinski definition) is 2. The van der Waals surface area contributed by atoms with E-state index in [0.29, 0.717) is 25.0 Å². The first-order valence-corrected chi connectivity index (χ1v) is 7.43. The maximum absolute atomic E-state index is 11.5. The number of hydrogen-bond acceptors (Lipinski definition) is 5. The average molecular weight is 274 g/mol. The predicted octanol–water partition coefficient (Wildman–Crippen LogP) is 0.456. The highest BCUT2D eigenvalue weighted by molar-refractivity contribution is 7.89. The lowest BCUT2D eigenvalue weighted by Crippen LogP contribution is -2.36. The van der Waals surface area contributed by atoms with Crippen LogP contribution in [0.15, 0.2) is 21.6 Å². The fraction of sp³-hybridized carbons (Fsp3) is 0.636. The maximum Gasteiger partial charge on any atom is 0.273 e. The quantitative estimate of drug-likeness (QED) is 0.815. The molecular formula is C11H18N2O4S. The van der Waals surface area contributed by atoms with Gasteiger partial charge in [-0.1, -0.05) is 0 Å². The predicted molar refractivity (Wildman–Crippen MR) is 65.6 cm³/mol. The molecule has 1 aromatic rings. The SMILES string of the molecule is CNS(=O)(=O)c1ccc(CNC2CCCOC2)o1. The van der Waals surface area contributed by atoms with Gasteiger partial charge in [0.15, 0.2) is 0 Å². The van der Waals surface area contributed by atoms with E-state index < -0.39 is 10.0 Å². The van der Waals surface area contributed by atoms with E-state index in [1.54, 1.807) is 6.07 Å². The van der Waals surface area contributed by atoms with E-state index in [0.717, 1.165) is 19.4 Å². The summed E-state index contributed by atoms with van der Waals surface area (Å²) in [6.07, 6.45) is 2.12. The van der Waals surface area contributed by atoms with Crippen LogP contribution in [-0.2, 0) is 21.3 Å². The highest BCUT2D eigenvalue weighted by atomic mass is 32.2. The summed E-state index contributed by atoms with van der Waals surface area (Å²) in [5, 5.41) is 3.23. The molecule has 1 unspecified atom stereocenters. The molecule has 0 aliphatic carbocycles. The molecule has 1 saturated heterocycles. The molecule has 0 amide bonds. The van der Waals surface area contributed by atoms with E-state index in [1.807, 2.05) is 0 Å². The molecular weight excluding hydrogens is 256 g/mol. The number of sulfonamides is 1. The van der Waals surface area contributed by atoms with E-state index in [1.165, 1.54) is 13.1 Å². The molecule has 102 valence electrons. The van der Waals surface area contributed by atoms with Crippen molar-refractivity contribution in [3.63, 3.8) is 0 Å². The summed E-state index contributed by atoms with van der Waals surface area (Å²) in [6.45, 7) is 2.03. The van der Waals surface area contributed by atoms with Crippen molar-refractivity contribution < 1.29 is 17.6 Å². The van der Waals surface area contributed by atoms with Crippen LogP contribution < -0.4 is 10.0 Å². The Hall–Kier alpha value is -0.890. The molecule has 7 heteroatoms. The van der Waals surface area contributed by atoms with Gasteiger partial charge in [-0.15, -0.1) is 0 Å². The lowest BCUT2D eigenvalue weighted by atomic mass is 10.1. The normalized spacial score (nSPS) is 21.1. The summed E-state index contributed by atoms with van der Waals surface area (Å²) < 4.78 is 35.8. The molecule has 2 heterocycles. The Bertz CT molecular complexity index is 477. The van der Waals surface area contributed by atoms with Crippen LogP contribution in [-0.4, -0.2) is 34.7 Å². The molecule has 0 spiro atoms. The Morgan fingerprint density at radius 2 is 2.28 bits per heavy atom. The average Bonchev–Trinajstić information content (AvgIpc) is 2.87. The van der Waals surface area contributed by atoms with Crippen molar-refractivity contribution >= 4 is 10.0 Å². The van der Waals surface area contributed by atoms with Gasteiger partial charge in [0.05, 0.1) is 13.2 Å². The molecule has 0 bridgehead atoms. The second-order valence-electron chi connectivity index (χ2n) is 4.22. The fourth-order valence-corrected chi connectivity index (χ4v) is 2.51. The van der Waals surface area contributed by atoms with Gasteiger partial charge in [0.1, 0.15) is 5.76 Å². The van der Waals surface area contributed by atoms with Gasteiger partial charge in [0.25, 0.3) is 10.0 Å². The highest BCUT2D eigenvalue weighted by Gasteiger charge is 2.17. The third kappa shape index (κ3) is 3.32. The molecule has 2 N–H and O–H groups in total. The Morgan fingerprint density at radius 1 is 1.44 bits per heavy atom. The molecule has 1 atom stereocenters. The monoisotopic (exact) mass is 274 g/mol. The van der Waals surface area contributed by atoms with Gasteiger partial charge in [0.2, 0.25) is 5.09 Å². The van der Waals surface area contributed by atoms with Crippen LogP contribution in [0.25, 0.3) is 0 Å². The van der Waals surface area contributed by atoms with Crippen molar-refractivity contribution in [3.05, 3.63) is 17.9 Å². The van der Waals surface area contributed by atoms with Crippen LogP contribution in [0.4, 0.5) is 0 Å². The van der Waals surface area contributed by atoms with E-state index in [9.17, 15) is 8.42 Å². The van der Waals surface area contributed by atoms with Gasteiger partial charge in [-0.05, 0) is 32.0 Å². The first-order valence-electron chi connectivity index (χ1n) is 5.95. The Balaban J connectivity index is 1.90. The first-order chi connectivity index (χ1) is 8.62. The standard InChI is InChI=1S/C11H18N2O4S/c1-12-18(14,15)11-5-4-10(17-11)7-13-9-3-2-6-16-8-9/h4-5,9,12-13H,2-3,6-8H2,1H3. The van der Waals surface area contributed by atoms with Crippen molar-refractivity contribution in [3.8, 4) is 0 Å². The molecule has 0 saturated carbocycles. The van der Waals surface area contributed by atoms with Crippen molar-refractivity contribution in [1.82, 2.24) is 10.0 Å². The minimum absolute atomic E-state index is 0.0540. The summed E-state index contributed by atoms with van der Waals surface area (Å²) in [5.41, 5.74) is 0. The summed E-state index contributed by atoms with van der Waals surface area (Å²) in [6, 6.07) is 3.44. The Morgan fingerprint density at radius 3 is 2.94 bits per heavy atom. The molecule has 1 aromatic heterocycles. The summed E-state index contributed by atoms with van der Waals surface area (Å²) in [5.74, 6) is 0.606. The first kappa shape index (κ1) is 13.5. The van der Waals surface area contributed by atoms with Gasteiger partial charge in [0, 0.05) is 12.6 Å². The molecule has 2 rings (SSSR count). The van der Waals surface area contributed by atoms with Gasteiger partial charge >= 0.3 is 0 Å². The van der Waals surface area contributed by atoms with Crippen molar-refractivity contribution in [2.75, 3.05) is 20.3 Å². The van der Waals surface area contributed by atoms with Crippen LogP contribution in [0.3, 0.4) is 0 Å². The van der Waals surface area contributed by atoms with Crippen LogP contribution in [0.2, 0.25) is 0 Å². The van der Waals surface area contributed by atoms with E-state index in [2.05, 4.69) is 10.0 Å². The zero-order valence-corrected chi connectivity index (χ0v) is 11.1. The Kier molecular flexibility index (Phi) is 4.39. The Labute approximate surface area is 107 Å². The number of nitrogens with one attached hydrogen (secondary N) is 2. The van der Waals surface area contributed by atoms with Gasteiger partial charge in [-0.3, -0.25) is 0 Å². The zero-order chi connectivity index (χ0) is 13.0. The third-order valence-corrected chi connectivity index (χ3v) is 4.18. The molecule has 1 aliphatic heterocycles. The number of ether oxygens (including phenoxy) is 1. The second kappa shape index (κ2) is 5.83. The lowest BCUT2D eigenvalue weighted by molar-refractivity contribution is 0.0692. The van der Waals surface area contributed by atoms with E-state index >= 15 is 0 Å². The smallest absolute Gasteiger partial charge is 0.273 e. The fourth-order valence-electron chi connectivity index (χ4n) is 1.84. The third-order valence-electron chi connectivity index (χ3n) is 2.90. The van der Waals surface area contributed by atoms with Gasteiger partial charge in [-0.2, -0.15) is 0 Å². The zero-order valence-electron chi connectivity index (χ0n) is 10.3. The van der Waals surface area contributed by atoms with Crippen molar-refractivity contribution in [2.45, 2.75) is 30.5 Å². The van der Waals surface area contributed by atoms with Crippen molar-refractivity contribution in [1.29, 1.82) is 0 Å². The lowest BCUT2D eigenvalue weighted by Gasteiger charge is -2.22. The van der Waals surface area contributed by atoms with Gasteiger partial charge in [-0.25, -0.2) is 13.1 Å². The van der Waals surface area contributed by atoms with Gasteiger partial charge < -0.3 is 14.5 Å². The minimum atomic E-state index is -3.49. The van der Waals surface area contributed by atoms with Crippen LogP contribution >= 0.6 is 0 Å². The number of rotatable bonds is 5. The summed E-state index contributed by atoms with van der Waals surface area (Å²) >= 11 is 0. The molecule has 0 radical (unpaired) electrons. The van der Waals surface area contributed by atoms with Crippen molar-refractivity contribution in [2.24, 2.45) is 0 Å². The second-order valence-corrected chi connectivity index (χ2v) is 6.04. The van der Waals surface area contributed by atoms with Crippen LogP contribution in [0.5, 0.6) is 0 Å². The minimum Gasteiger partial charge on any atom is -0.447 e. The molecule has 6 nitrogen and oxygen atoms in total. The molecule has 18 heavy (non-hydrogen) atoms. The van der Waals surface area contributed by atoms with E-state index in [4.69, 9.17) is 9.15 Å². The highest BCUT2D eigenvalue weighted by Crippen LogP contribution is 2.14. The topological polar surface area (TPSA) is 80.6 Å². The molecule has 1 aliphatic rings. The van der Waals surface area contributed by atoms with Crippen LogP contribution in [0.1, 0.15) is 18.6 Å². The summed E-state index contributed by atoms with van der Waals surface area (Å²) in [4.78, 5) is 0. The number of furan rings is 1. The largest absolute Gasteiger partial charge is 0.447 e. The summed E-state index contributed by atoms with van der Waals surface area (Å²) in [7, 11) is -2.13. The maximum atomic E-state index is 11.5. The van der Waals surface area contributed by atoms with E-state index in [-0.39, 0.29) is 5.09 Å².